The predicted molar refractivity (Wildman–Crippen MR) is 121 cm³/mol. The summed E-state index contributed by atoms with van der Waals surface area (Å²) in [6.45, 7) is -0.0584. The molecule has 0 aliphatic carbocycles. The van der Waals surface area contributed by atoms with Crippen molar-refractivity contribution >= 4 is 39.5 Å². The average Bonchev–Trinajstić information content (AvgIpc) is 3.08. The summed E-state index contributed by atoms with van der Waals surface area (Å²) in [7, 11) is 1.47. The summed E-state index contributed by atoms with van der Waals surface area (Å²) in [5.74, 6) is -0.788. The lowest BCUT2D eigenvalue weighted by atomic mass is 10.1. The van der Waals surface area contributed by atoms with E-state index < -0.39 is 17.6 Å². The van der Waals surface area contributed by atoms with Gasteiger partial charge in [0, 0.05) is 15.6 Å². The number of amides is 2. The van der Waals surface area contributed by atoms with Crippen molar-refractivity contribution in [3.05, 3.63) is 93.7 Å². The molecule has 1 aliphatic rings. The summed E-state index contributed by atoms with van der Waals surface area (Å²) in [5, 5.41) is 1.18. The second kappa shape index (κ2) is 9.23. The highest BCUT2D eigenvalue weighted by molar-refractivity contribution is 9.10. The lowest BCUT2D eigenvalue weighted by Crippen LogP contribution is -2.35. The first-order valence-corrected chi connectivity index (χ1v) is 10.4. The average molecular weight is 497 g/mol. The van der Waals surface area contributed by atoms with Gasteiger partial charge in [-0.15, -0.1) is 0 Å². The molecule has 8 heteroatoms. The van der Waals surface area contributed by atoms with Crippen LogP contribution in [0.2, 0.25) is 0 Å². The molecule has 162 valence electrons. The van der Waals surface area contributed by atoms with Crippen LogP contribution in [0.15, 0.2) is 76.8 Å². The number of ether oxygens (including phenoxy) is 2. The van der Waals surface area contributed by atoms with E-state index in [0.29, 0.717) is 27.0 Å². The maximum Gasteiger partial charge on any atom is 0.282 e. The number of hydrazine groups is 1. The van der Waals surface area contributed by atoms with Gasteiger partial charge in [-0.2, -0.15) is 0 Å². The minimum absolute atomic E-state index is 0.0584. The Morgan fingerprint density at radius 1 is 1.06 bits per heavy atom. The molecule has 0 unspecified atom stereocenters. The molecule has 0 bridgehead atoms. The molecule has 0 saturated carbocycles. The van der Waals surface area contributed by atoms with Crippen molar-refractivity contribution in [1.82, 2.24) is 5.43 Å². The SMILES string of the molecule is COc1cc(Br)cc(C=C2C(=O)NN(c3ccccc3)C2=O)c1OCc1ccccc1F. The van der Waals surface area contributed by atoms with Gasteiger partial charge in [-0.05, 0) is 36.4 Å². The first-order chi connectivity index (χ1) is 15.5. The highest BCUT2D eigenvalue weighted by Crippen LogP contribution is 2.37. The molecular weight excluding hydrogens is 479 g/mol. The minimum atomic E-state index is -0.544. The van der Waals surface area contributed by atoms with E-state index >= 15 is 0 Å². The van der Waals surface area contributed by atoms with E-state index in [1.165, 1.54) is 24.3 Å². The number of rotatable bonds is 6. The number of hydrogen-bond donors (Lipinski definition) is 1. The van der Waals surface area contributed by atoms with E-state index in [0.717, 1.165) is 0 Å². The van der Waals surface area contributed by atoms with Crippen molar-refractivity contribution in [2.45, 2.75) is 6.61 Å². The van der Waals surface area contributed by atoms with Gasteiger partial charge >= 0.3 is 0 Å². The number of halogens is 2. The molecular formula is C24H18BrFN2O4. The first kappa shape index (κ1) is 21.6. The van der Waals surface area contributed by atoms with Crippen LogP contribution in [-0.4, -0.2) is 18.9 Å². The highest BCUT2D eigenvalue weighted by atomic mass is 79.9. The summed E-state index contributed by atoms with van der Waals surface area (Å²) in [4.78, 5) is 25.5. The van der Waals surface area contributed by atoms with Crippen LogP contribution < -0.4 is 19.9 Å². The molecule has 0 radical (unpaired) electrons. The van der Waals surface area contributed by atoms with Crippen molar-refractivity contribution in [3.8, 4) is 11.5 Å². The van der Waals surface area contributed by atoms with Gasteiger partial charge in [-0.1, -0.05) is 52.3 Å². The standard InChI is InChI=1S/C24H18BrFN2O4/c1-31-21-13-17(25)11-16(22(21)32-14-15-7-5-6-10-20(15)26)12-19-23(29)27-28(24(19)30)18-8-3-2-4-9-18/h2-13H,14H2,1H3,(H,27,29). The summed E-state index contributed by atoms with van der Waals surface area (Å²) in [5.41, 5.74) is 3.83. The maximum absolute atomic E-state index is 14.0. The fraction of sp³-hybridized carbons (Fsp3) is 0.0833. The quantitative estimate of drug-likeness (QED) is 0.398. The Hall–Kier alpha value is -3.65. The van der Waals surface area contributed by atoms with Crippen LogP contribution >= 0.6 is 15.9 Å². The molecule has 1 fully saturated rings. The first-order valence-electron chi connectivity index (χ1n) is 9.64. The number of methoxy groups -OCH3 is 1. The molecule has 0 atom stereocenters. The molecule has 0 spiro atoms. The molecule has 6 nitrogen and oxygen atoms in total. The molecule has 32 heavy (non-hydrogen) atoms. The Morgan fingerprint density at radius 2 is 1.78 bits per heavy atom. The van der Waals surface area contributed by atoms with Crippen LogP contribution in [0, 0.1) is 5.82 Å². The van der Waals surface area contributed by atoms with Gasteiger partial charge in [0.05, 0.1) is 12.8 Å². The summed E-state index contributed by atoms with van der Waals surface area (Å²) in [6, 6.07) is 18.4. The van der Waals surface area contributed by atoms with E-state index in [-0.39, 0.29) is 17.9 Å². The maximum atomic E-state index is 14.0. The van der Waals surface area contributed by atoms with E-state index in [9.17, 15) is 14.0 Å². The Kier molecular flexibility index (Phi) is 6.23. The number of nitrogens with zero attached hydrogens (tertiary/aromatic N) is 1. The largest absolute Gasteiger partial charge is 0.493 e. The van der Waals surface area contributed by atoms with E-state index in [1.54, 1.807) is 54.6 Å². The number of nitrogens with one attached hydrogen (secondary N) is 1. The van der Waals surface area contributed by atoms with Crippen molar-refractivity contribution in [1.29, 1.82) is 0 Å². The number of carbonyl (C=O) groups excluding carboxylic acids is 2. The third-order valence-corrected chi connectivity index (χ3v) is 5.26. The summed E-state index contributed by atoms with van der Waals surface area (Å²) in [6.07, 6.45) is 1.44. The Labute approximate surface area is 192 Å². The van der Waals surface area contributed by atoms with Gasteiger partial charge in [0.1, 0.15) is 18.0 Å². The van der Waals surface area contributed by atoms with Crippen molar-refractivity contribution in [2.24, 2.45) is 0 Å². The van der Waals surface area contributed by atoms with Crippen LogP contribution in [-0.2, 0) is 16.2 Å². The van der Waals surface area contributed by atoms with Gasteiger partial charge in [-0.3, -0.25) is 15.0 Å². The molecule has 0 aromatic heterocycles. The topological polar surface area (TPSA) is 67.9 Å². The predicted octanol–water partition coefficient (Wildman–Crippen LogP) is 4.64. The number of hydrogen-bond acceptors (Lipinski definition) is 4. The zero-order valence-electron chi connectivity index (χ0n) is 17.0. The van der Waals surface area contributed by atoms with Crippen LogP contribution in [0.4, 0.5) is 10.1 Å². The Morgan fingerprint density at radius 3 is 2.50 bits per heavy atom. The molecule has 1 saturated heterocycles. The van der Waals surface area contributed by atoms with Gasteiger partial charge in [0.15, 0.2) is 11.5 Å². The summed E-state index contributed by atoms with van der Waals surface area (Å²) >= 11 is 3.40. The number of benzene rings is 3. The van der Waals surface area contributed by atoms with Crippen LogP contribution in [0.1, 0.15) is 11.1 Å². The van der Waals surface area contributed by atoms with Crippen molar-refractivity contribution in [2.75, 3.05) is 12.1 Å². The molecule has 3 aromatic rings. The monoisotopic (exact) mass is 496 g/mol. The molecule has 1 N–H and O–H groups in total. The van der Waals surface area contributed by atoms with Gasteiger partial charge in [0.25, 0.3) is 11.8 Å². The molecule has 1 aliphatic heterocycles. The van der Waals surface area contributed by atoms with Gasteiger partial charge in [-0.25, -0.2) is 9.40 Å². The zero-order chi connectivity index (χ0) is 22.7. The lowest BCUT2D eigenvalue weighted by Gasteiger charge is -2.15. The zero-order valence-corrected chi connectivity index (χ0v) is 18.6. The van der Waals surface area contributed by atoms with Crippen LogP contribution in [0.3, 0.4) is 0 Å². The second-order valence-electron chi connectivity index (χ2n) is 6.88. The highest BCUT2D eigenvalue weighted by Gasteiger charge is 2.34. The second-order valence-corrected chi connectivity index (χ2v) is 7.80. The molecule has 3 aromatic carbocycles. The summed E-state index contributed by atoms with van der Waals surface area (Å²) < 4.78 is 26.0. The fourth-order valence-corrected chi connectivity index (χ4v) is 3.69. The third-order valence-electron chi connectivity index (χ3n) is 4.80. The molecule has 4 rings (SSSR count). The van der Waals surface area contributed by atoms with Crippen molar-refractivity contribution < 1.29 is 23.5 Å². The third kappa shape index (κ3) is 4.36. The molecule has 2 amide bonds. The Balaban J connectivity index is 1.70. The van der Waals surface area contributed by atoms with Crippen LogP contribution in [0.5, 0.6) is 11.5 Å². The minimum Gasteiger partial charge on any atom is -0.493 e. The molecule has 1 heterocycles. The number of carbonyl (C=O) groups is 2. The van der Waals surface area contributed by atoms with Crippen molar-refractivity contribution in [3.63, 3.8) is 0 Å². The van der Waals surface area contributed by atoms with E-state index in [2.05, 4.69) is 21.4 Å². The fourth-order valence-electron chi connectivity index (χ4n) is 3.24. The lowest BCUT2D eigenvalue weighted by molar-refractivity contribution is -0.117. The number of anilines is 1. The van der Waals surface area contributed by atoms with E-state index in [4.69, 9.17) is 9.47 Å². The number of para-hydroxylation sites is 1. The normalized spacial score (nSPS) is 14.6. The van der Waals surface area contributed by atoms with E-state index in [1.807, 2.05) is 6.07 Å². The van der Waals surface area contributed by atoms with Gasteiger partial charge in [0.2, 0.25) is 0 Å². The smallest absolute Gasteiger partial charge is 0.282 e. The van der Waals surface area contributed by atoms with Gasteiger partial charge < -0.3 is 9.47 Å². The Bertz CT molecular complexity index is 1210. The van der Waals surface area contributed by atoms with Crippen LogP contribution in [0.25, 0.3) is 6.08 Å².